The molecule has 0 fully saturated rings. The van der Waals surface area contributed by atoms with E-state index in [0.29, 0.717) is 11.6 Å². The molecule has 0 aliphatic heterocycles. The summed E-state index contributed by atoms with van der Waals surface area (Å²) in [5.41, 5.74) is 1.91. The summed E-state index contributed by atoms with van der Waals surface area (Å²) in [6, 6.07) is 12.2. The van der Waals surface area contributed by atoms with Crippen LogP contribution in [0.1, 0.15) is 5.56 Å². The standard InChI is InChI=1S/C13H10ClFIN/c14-10-4-5-13(12(16)7-10)17-8-9-2-1-3-11(15)6-9/h1-7,17H,8H2. The second kappa shape index (κ2) is 5.69. The molecule has 0 heterocycles. The first-order chi connectivity index (χ1) is 8.15. The van der Waals surface area contributed by atoms with Gasteiger partial charge in [-0.1, -0.05) is 23.7 Å². The molecule has 0 saturated carbocycles. The third kappa shape index (κ3) is 3.57. The summed E-state index contributed by atoms with van der Waals surface area (Å²) < 4.78 is 14.0. The molecule has 0 atom stereocenters. The number of benzene rings is 2. The Morgan fingerprint density at radius 2 is 2.00 bits per heavy atom. The van der Waals surface area contributed by atoms with E-state index in [-0.39, 0.29) is 5.82 Å². The van der Waals surface area contributed by atoms with Gasteiger partial charge in [0.25, 0.3) is 0 Å². The van der Waals surface area contributed by atoms with E-state index < -0.39 is 0 Å². The molecule has 2 aromatic carbocycles. The zero-order chi connectivity index (χ0) is 12.3. The Labute approximate surface area is 118 Å². The highest BCUT2D eigenvalue weighted by Gasteiger charge is 2.01. The number of rotatable bonds is 3. The first kappa shape index (κ1) is 12.6. The molecule has 0 spiro atoms. The van der Waals surface area contributed by atoms with Crippen molar-refractivity contribution in [3.63, 3.8) is 0 Å². The Morgan fingerprint density at radius 3 is 2.71 bits per heavy atom. The molecule has 17 heavy (non-hydrogen) atoms. The predicted octanol–water partition coefficient (Wildman–Crippen LogP) is 4.70. The SMILES string of the molecule is Fc1cccc(CNc2ccc(Cl)cc2I)c1. The van der Waals surface area contributed by atoms with Crippen molar-refractivity contribution >= 4 is 39.9 Å². The topological polar surface area (TPSA) is 12.0 Å². The first-order valence-corrected chi connectivity index (χ1v) is 6.54. The van der Waals surface area contributed by atoms with Gasteiger partial charge in [0.1, 0.15) is 5.82 Å². The molecule has 0 unspecified atom stereocenters. The molecule has 0 bridgehead atoms. The Kier molecular flexibility index (Phi) is 4.23. The smallest absolute Gasteiger partial charge is 0.123 e. The van der Waals surface area contributed by atoms with Gasteiger partial charge in [-0.15, -0.1) is 0 Å². The lowest BCUT2D eigenvalue weighted by Crippen LogP contribution is -2.01. The highest BCUT2D eigenvalue weighted by molar-refractivity contribution is 14.1. The van der Waals surface area contributed by atoms with Crippen molar-refractivity contribution in [1.29, 1.82) is 0 Å². The molecule has 0 aromatic heterocycles. The van der Waals surface area contributed by atoms with Gasteiger partial charge in [0.15, 0.2) is 0 Å². The van der Waals surface area contributed by atoms with Crippen molar-refractivity contribution in [2.24, 2.45) is 0 Å². The van der Waals surface area contributed by atoms with Crippen LogP contribution >= 0.6 is 34.2 Å². The molecular formula is C13H10ClFIN. The fourth-order valence-electron chi connectivity index (χ4n) is 1.48. The summed E-state index contributed by atoms with van der Waals surface area (Å²) in [6.07, 6.45) is 0. The molecular weight excluding hydrogens is 352 g/mol. The van der Waals surface area contributed by atoms with E-state index in [0.717, 1.165) is 14.8 Å². The van der Waals surface area contributed by atoms with Crippen LogP contribution in [0.15, 0.2) is 42.5 Å². The molecule has 1 nitrogen and oxygen atoms in total. The summed E-state index contributed by atoms with van der Waals surface area (Å²) >= 11 is 8.09. The molecule has 4 heteroatoms. The van der Waals surface area contributed by atoms with E-state index in [1.54, 1.807) is 6.07 Å². The van der Waals surface area contributed by atoms with Crippen molar-refractivity contribution in [2.75, 3.05) is 5.32 Å². The minimum atomic E-state index is -0.213. The van der Waals surface area contributed by atoms with Gasteiger partial charge in [-0.25, -0.2) is 4.39 Å². The van der Waals surface area contributed by atoms with Crippen molar-refractivity contribution in [3.8, 4) is 0 Å². The summed E-state index contributed by atoms with van der Waals surface area (Å²) in [6.45, 7) is 0.593. The number of anilines is 1. The highest BCUT2D eigenvalue weighted by Crippen LogP contribution is 2.22. The van der Waals surface area contributed by atoms with Gasteiger partial charge in [0.05, 0.1) is 0 Å². The van der Waals surface area contributed by atoms with Crippen LogP contribution in [0.3, 0.4) is 0 Å². The average molecular weight is 362 g/mol. The van der Waals surface area contributed by atoms with Gasteiger partial charge in [-0.2, -0.15) is 0 Å². The zero-order valence-corrected chi connectivity index (χ0v) is 11.8. The molecule has 1 N–H and O–H groups in total. The molecule has 88 valence electrons. The molecule has 0 aliphatic carbocycles. The van der Waals surface area contributed by atoms with Crippen LogP contribution in [-0.4, -0.2) is 0 Å². The Hall–Kier alpha value is -0.810. The van der Waals surface area contributed by atoms with Crippen LogP contribution < -0.4 is 5.32 Å². The number of hydrogen-bond donors (Lipinski definition) is 1. The monoisotopic (exact) mass is 361 g/mol. The van der Waals surface area contributed by atoms with Gasteiger partial charge in [0.2, 0.25) is 0 Å². The minimum absolute atomic E-state index is 0.213. The third-order valence-electron chi connectivity index (χ3n) is 2.30. The number of nitrogens with one attached hydrogen (secondary N) is 1. The van der Waals surface area contributed by atoms with E-state index >= 15 is 0 Å². The van der Waals surface area contributed by atoms with E-state index in [1.807, 2.05) is 24.3 Å². The van der Waals surface area contributed by atoms with Gasteiger partial charge in [0, 0.05) is 20.8 Å². The largest absolute Gasteiger partial charge is 0.380 e. The predicted molar refractivity (Wildman–Crippen MR) is 77.9 cm³/mol. The van der Waals surface area contributed by atoms with Gasteiger partial charge in [-0.05, 0) is 58.5 Å². The second-order valence-electron chi connectivity index (χ2n) is 3.61. The van der Waals surface area contributed by atoms with Gasteiger partial charge in [-0.3, -0.25) is 0 Å². The summed E-state index contributed by atoms with van der Waals surface area (Å²) in [7, 11) is 0. The first-order valence-electron chi connectivity index (χ1n) is 5.08. The van der Waals surface area contributed by atoms with E-state index in [4.69, 9.17) is 11.6 Å². The third-order valence-corrected chi connectivity index (χ3v) is 3.43. The van der Waals surface area contributed by atoms with Crippen LogP contribution in [0.25, 0.3) is 0 Å². The minimum Gasteiger partial charge on any atom is -0.380 e. The lowest BCUT2D eigenvalue weighted by atomic mass is 10.2. The van der Waals surface area contributed by atoms with Gasteiger partial charge >= 0.3 is 0 Å². The Bertz CT molecular complexity index is 531. The molecule has 2 aromatic rings. The van der Waals surface area contributed by atoms with E-state index in [2.05, 4.69) is 27.9 Å². The Balaban J connectivity index is 2.07. The fourth-order valence-corrected chi connectivity index (χ4v) is 2.54. The van der Waals surface area contributed by atoms with Crippen LogP contribution in [-0.2, 0) is 6.54 Å². The maximum Gasteiger partial charge on any atom is 0.123 e. The van der Waals surface area contributed by atoms with Crippen molar-refractivity contribution in [3.05, 3.63) is 62.4 Å². The van der Waals surface area contributed by atoms with Crippen LogP contribution in [0, 0.1) is 9.39 Å². The summed E-state index contributed by atoms with van der Waals surface area (Å²) in [5, 5.41) is 3.96. The Morgan fingerprint density at radius 1 is 1.18 bits per heavy atom. The second-order valence-corrected chi connectivity index (χ2v) is 5.21. The van der Waals surface area contributed by atoms with Gasteiger partial charge < -0.3 is 5.32 Å². The summed E-state index contributed by atoms with van der Waals surface area (Å²) in [4.78, 5) is 0. The lowest BCUT2D eigenvalue weighted by Gasteiger charge is -2.09. The molecule has 2 rings (SSSR count). The van der Waals surface area contributed by atoms with Crippen LogP contribution in [0.2, 0.25) is 5.02 Å². The summed E-state index contributed by atoms with van der Waals surface area (Å²) in [5.74, 6) is -0.213. The lowest BCUT2D eigenvalue weighted by molar-refractivity contribution is 0.626. The maximum absolute atomic E-state index is 13.0. The van der Waals surface area contributed by atoms with Crippen molar-refractivity contribution in [1.82, 2.24) is 0 Å². The van der Waals surface area contributed by atoms with Crippen molar-refractivity contribution < 1.29 is 4.39 Å². The number of halogens is 3. The quantitative estimate of drug-likeness (QED) is 0.782. The molecule has 0 aliphatic rings. The molecule has 0 saturated heterocycles. The normalized spacial score (nSPS) is 10.3. The van der Waals surface area contributed by atoms with E-state index in [1.165, 1.54) is 12.1 Å². The zero-order valence-electron chi connectivity index (χ0n) is 8.88. The van der Waals surface area contributed by atoms with Crippen LogP contribution in [0.4, 0.5) is 10.1 Å². The van der Waals surface area contributed by atoms with E-state index in [9.17, 15) is 4.39 Å². The fraction of sp³-hybridized carbons (Fsp3) is 0.0769. The highest BCUT2D eigenvalue weighted by atomic mass is 127. The van der Waals surface area contributed by atoms with Crippen LogP contribution in [0.5, 0.6) is 0 Å². The maximum atomic E-state index is 13.0. The molecule has 0 amide bonds. The number of hydrogen-bond acceptors (Lipinski definition) is 1. The van der Waals surface area contributed by atoms with Crippen molar-refractivity contribution in [2.45, 2.75) is 6.54 Å². The average Bonchev–Trinajstić information content (AvgIpc) is 2.28. The molecule has 0 radical (unpaired) electrons.